The largest absolute Gasteiger partial charge is 0.323 e. The number of rotatable bonds is 3. The molecule has 1 aliphatic heterocycles. The van der Waals surface area contributed by atoms with Crippen molar-refractivity contribution in [2.75, 3.05) is 10.2 Å². The SMILES string of the molecule is O=C(Nc1ccc(Cl)cc1Cl)[C@@H]1CCC(=O)N1c1ccccc1. The molecule has 0 radical (unpaired) electrons. The van der Waals surface area contributed by atoms with Gasteiger partial charge in [0, 0.05) is 17.1 Å². The lowest BCUT2D eigenvalue weighted by molar-refractivity contribution is -0.120. The highest BCUT2D eigenvalue weighted by molar-refractivity contribution is 6.36. The molecule has 6 heteroatoms. The molecule has 118 valence electrons. The highest BCUT2D eigenvalue weighted by atomic mass is 35.5. The molecule has 1 heterocycles. The van der Waals surface area contributed by atoms with Gasteiger partial charge in [-0.05, 0) is 36.8 Å². The molecule has 0 unspecified atom stereocenters. The number of carbonyl (C=O) groups excluding carboxylic acids is 2. The molecule has 0 spiro atoms. The van der Waals surface area contributed by atoms with E-state index in [9.17, 15) is 9.59 Å². The van der Waals surface area contributed by atoms with Crippen LogP contribution in [0.2, 0.25) is 10.0 Å². The standard InChI is InChI=1S/C17H14Cl2N2O2/c18-11-6-7-14(13(19)10-11)20-17(23)15-8-9-16(22)21(15)12-4-2-1-3-5-12/h1-7,10,15H,8-9H2,(H,20,23)/t15-/m0/s1. The highest BCUT2D eigenvalue weighted by Crippen LogP contribution is 2.29. The van der Waals surface area contributed by atoms with E-state index in [0.717, 1.165) is 5.69 Å². The number of hydrogen-bond acceptors (Lipinski definition) is 2. The van der Waals surface area contributed by atoms with Gasteiger partial charge in [0.1, 0.15) is 6.04 Å². The van der Waals surface area contributed by atoms with Crippen molar-refractivity contribution < 1.29 is 9.59 Å². The summed E-state index contributed by atoms with van der Waals surface area (Å²) in [7, 11) is 0. The first-order chi connectivity index (χ1) is 11.1. The third kappa shape index (κ3) is 3.33. The van der Waals surface area contributed by atoms with E-state index < -0.39 is 6.04 Å². The molecule has 1 saturated heterocycles. The zero-order chi connectivity index (χ0) is 16.4. The summed E-state index contributed by atoms with van der Waals surface area (Å²) in [5.41, 5.74) is 1.20. The molecule has 2 aromatic rings. The molecule has 1 atom stereocenters. The number of carbonyl (C=O) groups is 2. The maximum Gasteiger partial charge on any atom is 0.247 e. The van der Waals surface area contributed by atoms with Gasteiger partial charge in [-0.25, -0.2) is 0 Å². The minimum Gasteiger partial charge on any atom is -0.323 e. The fourth-order valence-corrected chi connectivity index (χ4v) is 3.11. The number of benzene rings is 2. The summed E-state index contributed by atoms with van der Waals surface area (Å²) >= 11 is 11.9. The summed E-state index contributed by atoms with van der Waals surface area (Å²) in [5.74, 6) is -0.317. The Morgan fingerprint density at radius 3 is 2.57 bits per heavy atom. The second-order valence-electron chi connectivity index (χ2n) is 5.27. The number of anilines is 2. The van der Waals surface area contributed by atoms with Gasteiger partial charge in [-0.3, -0.25) is 14.5 Å². The number of para-hydroxylation sites is 1. The maximum atomic E-state index is 12.6. The quantitative estimate of drug-likeness (QED) is 0.906. The van der Waals surface area contributed by atoms with Crippen molar-refractivity contribution in [3.63, 3.8) is 0 Å². The topological polar surface area (TPSA) is 49.4 Å². The highest BCUT2D eigenvalue weighted by Gasteiger charge is 2.37. The number of amides is 2. The third-order valence-electron chi connectivity index (χ3n) is 3.74. The lowest BCUT2D eigenvalue weighted by Crippen LogP contribution is -2.41. The van der Waals surface area contributed by atoms with Crippen LogP contribution in [0.3, 0.4) is 0 Å². The van der Waals surface area contributed by atoms with Crippen molar-refractivity contribution in [2.24, 2.45) is 0 Å². The van der Waals surface area contributed by atoms with Crippen molar-refractivity contribution in [1.82, 2.24) is 0 Å². The van der Waals surface area contributed by atoms with Crippen LogP contribution in [0.25, 0.3) is 0 Å². The summed E-state index contributed by atoms with van der Waals surface area (Å²) in [6.07, 6.45) is 0.825. The third-order valence-corrected chi connectivity index (χ3v) is 4.29. The molecule has 2 aromatic carbocycles. The van der Waals surface area contributed by atoms with Crippen LogP contribution in [0.1, 0.15) is 12.8 Å². The van der Waals surface area contributed by atoms with E-state index in [2.05, 4.69) is 5.32 Å². The molecule has 1 fully saturated rings. The molecule has 0 bridgehead atoms. The lowest BCUT2D eigenvalue weighted by atomic mass is 10.2. The van der Waals surface area contributed by atoms with Gasteiger partial charge >= 0.3 is 0 Å². The Balaban J connectivity index is 1.82. The second-order valence-corrected chi connectivity index (χ2v) is 6.11. The van der Waals surface area contributed by atoms with Gasteiger partial charge in [-0.2, -0.15) is 0 Å². The molecule has 2 amide bonds. The van der Waals surface area contributed by atoms with E-state index >= 15 is 0 Å². The van der Waals surface area contributed by atoms with Gasteiger partial charge in [0.25, 0.3) is 0 Å². The van der Waals surface area contributed by atoms with Crippen molar-refractivity contribution >= 4 is 46.4 Å². The first kappa shape index (κ1) is 15.8. The molecular formula is C17H14Cl2N2O2. The summed E-state index contributed by atoms with van der Waals surface area (Å²) in [5, 5.41) is 3.63. The predicted molar refractivity (Wildman–Crippen MR) is 92.0 cm³/mol. The Hall–Kier alpha value is -2.04. The van der Waals surface area contributed by atoms with Gasteiger partial charge in [0.05, 0.1) is 10.7 Å². The van der Waals surface area contributed by atoms with Crippen LogP contribution in [-0.2, 0) is 9.59 Å². The van der Waals surface area contributed by atoms with E-state index in [-0.39, 0.29) is 11.8 Å². The Kier molecular flexibility index (Phi) is 4.55. The van der Waals surface area contributed by atoms with E-state index in [1.807, 2.05) is 30.3 Å². The van der Waals surface area contributed by atoms with Gasteiger partial charge in [-0.1, -0.05) is 41.4 Å². The van der Waals surface area contributed by atoms with E-state index in [4.69, 9.17) is 23.2 Å². The number of hydrogen-bond donors (Lipinski definition) is 1. The van der Waals surface area contributed by atoms with Crippen molar-refractivity contribution in [1.29, 1.82) is 0 Å². The lowest BCUT2D eigenvalue weighted by Gasteiger charge is -2.24. The molecule has 4 nitrogen and oxygen atoms in total. The van der Waals surface area contributed by atoms with Gasteiger partial charge < -0.3 is 5.32 Å². The normalized spacial score (nSPS) is 17.4. The molecule has 0 saturated carbocycles. The Morgan fingerprint density at radius 2 is 1.87 bits per heavy atom. The average Bonchev–Trinajstić information content (AvgIpc) is 2.92. The molecule has 3 rings (SSSR count). The summed E-state index contributed by atoms with van der Waals surface area (Å²) in [6.45, 7) is 0. The van der Waals surface area contributed by atoms with E-state index in [1.165, 1.54) is 0 Å². The number of halogens is 2. The minimum atomic E-state index is -0.545. The predicted octanol–water partition coefficient (Wildman–Crippen LogP) is 4.13. The Bertz CT molecular complexity index is 750. The second kappa shape index (κ2) is 6.60. The van der Waals surface area contributed by atoms with Crippen molar-refractivity contribution in [3.8, 4) is 0 Å². The first-order valence-corrected chi connectivity index (χ1v) is 7.95. The Labute approximate surface area is 144 Å². The fourth-order valence-electron chi connectivity index (χ4n) is 2.65. The smallest absolute Gasteiger partial charge is 0.247 e. The Morgan fingerprint density at radius 1 is 1.13 bits per heavy atom. The molecule has 0 aliphatic carbocycles. The number of nitrogens with zero attached hydrogens (tertiary/aromatic N) is 1. The van der Waals surface area contributed by atoms with Crippen LogP contribution in [0.4, 0.5) is 11.4 Å². The van der Waals surface area contributed by atoms with Crippen LogP contribution in [0.15, 0.2) is 48.5 Å². The molecule has 1 aliphatic rings. The van der Waals surface area contributed by atoms with Crippen LogP contribution < -0.4 is 10.2 Å². The molecule has 23 heavy (non-hydrogen) atoms. The summed E-state index contributed by atoms with van der Waals surface area (Å²) in [4.78, 5) is 26.3. The maximum absolute atomic E-state index is 12.6. The average molecular weight is 349 g/mol. The van der Waals surface area contributed by atoms with Crippen LogP contribution in [0.5, 0.6) is 0 Å². The molecule has 1 N–H and O–H groups in total. The molecule has 0 aromatic heterocycles. The van der Waals surface area contributed by atoms with Crippen LogP contribution in [0, 0.1) is 0 Å². The van der Waals surface area contributed by atoms with Gasteiger partial charge in [0.15, 0.2) is 0 Å². The molecular weight excluding hydrogens is 335 g/mol. The minimum absolute atomic E-state index is 0.0569. The summed E-state index contributed by atoms with van der Waals surface area (Å²) < 4.78 is 0. The van der Waals surface area contributed by atoms with Gasteiger partial charge in [-0.15, -0.1) is 0 Å². The van der Waals surface area contributed by atoms with Crippen LogP contribution >= 0.6 is 23.2 Å². The van der Waals surface area contributed by atoms with E-state index in [1.54, 1.807) is 23.1 Å². The monoisotopic (exact) mass is 348 g/mol. The van der Waals surface area contributed by atoms with Gasteiger partial charge in [0.2, 0.25) is 11.8 Å². The number of nitrogens with one attached hydrogen (secondary N) is 1. The fraction of sp³-hybridized carbons (Fsp3) is 0.176. The van der Waals surface area contributed by atoms with Crippen molar-refractivity contribution in [3.05, 3.63) is 58.6 Å². The summed E-state index contributed by atoms with van der Waals surface area (Å²) in [6, 6.07) is 13.5. The van der Waals surface area contributed by atoms with Crippen LogP contribution in [-0.4, -0.2) is 17.9 Å². The van der Waals surface area contributed by atoms with Crippen molar-refractivity contribution in [2.45, 2.75) is 18.9 Å². The zero-order valence-electron chi connectivity index (χ0n) is 12.1. The zero-order valence-corrected chi connectivity index (χ0v) is 13.6. The van der Waals surface area contributed by atoms with E-state index in [0.29, 0.717) is 28.6 Å². The first-order valence-electron chi connectivity index (χ1n) is 7.19.